The van der Waals surface area contributed by atoms with E-state index in [1.807, 2.05) is 36.6 Å². The first-order valence-corrected chi connectivity index (χ1v) is 7.69. The number of ether oxygens (including phenoxy) is 1. The van der Waals surface area contributed by atoms with Crippen molar-refractivity contribution in [2.45, 2.75) is 25.5 Å². The summed E-state index contributed by atoms with van der Waals surface area (Å²) in [5.74, 6) is -0.142. The van der Waals surface area contributed by atoms with Crippen molar-refractivity contribution in [1.82, 2.24) is 5.32 Å². The van der Waals surface area contributed by atoms with Crippen LogP contribution in [0.2, 0.25) is 0 Å². The van der Waals surface area contributed by atoms with Gasteiger partial charge in [-0.15, -0.1) is 0 Å². The molecule has 0 aliphatic carbocycles. The molecule has 0 radical (unpaired) electrons. The summed E-state index contributed by atoms with van der Waals surface area (Å²) in [7, 11) is 0. The Hall–Kier alpha value is -1.69. The van der Waals surface area contributed by atoms with Gasteiger partial charge < -0.3 is 15.2 Å². The molecule has 0 saturated carbocycles. The monoisotopic (exact) mass is 297 g/mol. The van der Waals surface area contributed by atoms with Crippen LogP contribution < -0.4 is 5.32 Å². The Morgan fingerprint density at radius 1 is 1.35 bits per heavy atom. The molecule has 0 aliphatic heterocycles. The van der Waals surface area contributed by atoms with Crippen molar-refractivity contribution in [1.29, 1.82) is 0 Å². The summed E-state index contributed by atoms with van der Waals surface area (Å²) in [5.41, 5.74) is 0.890. The van der Waals surface area contributed by atoms with Crippen LogP contribution >= 0.6 is 11.8 Å². The lowest BCUT2D eigenvalue weighted by Gasteiger charge is -2.16. The number of carboxylic acids is 1. The number of rotatable bonds is 8. The highest BCUT2D eigenvalue weighted by molar-refractivity contribution is 7.98. The molecule has 1 aromatic carbocycles. The zero-order valence-electron chi connectivity index (χ0n) is 11.4. The van der Waals surface area contributed by atoms with E-state index in [2.05, 4.69) is 5.32 Å². The van der Waals surface area contributed by atoms with Crippen molar-refractivity contribution in [3.8, 4) is 0 Å². The van der Waals surface area contributed by atoms with Gasteiger partial charge in [0.15, 0.2) is 0 Å². The highest BCUT2D eigenvalue weighted by Crippen LogP contribution is 2.06. The summed E-state index contributed by atoms with van der Waals surface area (Å²) in [5, 5.41) is 11.4. The van der Waals surface area contributed by atoms with Gasteiger partial charge in [-0.25, -0.2) is 4.79 Å². The van der Waals surface area contributed by atoms with Gasteiger partial charge in [-0.3, -0.25) is 4.79 Å². The summed E-state index contributed by atoms with van der Waals surface area (Å²) in [4.78, 5) is 22.4. The van der Waals surface area contributed by atoms with E-state index in [0.717, 1.165) is 11.3 Å². The topological polar surface area (TPSA) is 75.6 Å². The number of amides is 1. The fraction of sp³-hybridized carbons (Fsp3) is 0.429. The third-order valence-electron chi connectivity index (χ3n) is 2.63. The number of hydrogen-bond donors (Lipinski definition) is 2. The van der Waals surface area contributed by atoms with E-state index in [0.29, 0.717) is 6.42 Å². The largest absolute Gasteiger partial charge is 0.481 e. The second kappa shape index (κ2) is 9.25. The van der Waals surface area contributed by atoms with E-state index in [9.17, 15) is 9.59 Å². The smallest absolute Gasteiger partial charge is 0.407 e. The van der Waals surface area contributed by atoms with Crippen LogP contribution in [0.15, 0.2) is 30.3 Å². The molecule has 0 saturated heterocycles. The van der Waals surface area contributed by atoms with Crippen LogP contribution in [0.1, 0.15) is 18.4 Å². The summed E-state index contributed by atoms with van der Waals surface area (Å²) in [6, 6.07) is 8.92. The molecule has 0 aliphatic rings. The van der Waals surface area contributed by atoms with E-state index in [1.54, 1.807) is 11.8 Å². The Bertz CT molecular complexity index is 424. The highest BCUT2D eigenvalue weighted by atomic mass is 32.2. The summed E-state index contributed by atoms with van der Waals surface area (Å²) >= 11 is 1.61. The minimum Gasteiger partial charge on any atom is -0.481 e. The Morgan fingerprint density at radius 2 is 2.05 bits per heavy atom. The predicted molar refractivity (Wildman–Crippen MR) is 78.8 cm³/mol. The number of hydrogen-bond acceptors (Lipinski definition) is 4. The van der Waals surface area contributed by atoms with Crippen LogP contribution in [0, 0.1) is 0 Å². The van der Waals surface area contributed by atoms with Crippen molar-refractivity contribution < 1.29 is 19.4 Å². The molecule has 0 spiro atoms. The minimum atomic E-state index is -0.931. The molecule has 20 heavy (non-hydrogen) atoms. The van der Waals surface area contributed by atoms with Crippen molar-refractivity contribution in [3.05, 3.63) is 35.9 Å². The molecule has 1 atom stereocenters. The maximum Gasteiger partial charge on any atom is 0.407 e. The molecule has 0 fully saturated rings. The van der Waals surface area contributed by atoms with E-state index in [1.165, 1.54) is 0 Å². The van der Waals surface area contributed by atoms with Crippen LogP contribution in [-0.2, 0) is 16.1 Å². The van der Waals surface area contributed by atoms with Gasteiger partial charge in [0.1, 0.15) is 6.61 Å². The molecular weight excluding hydrogens is 278 g/mol. The van der Waals surface area contributed by atoms with Gasteiger partial charge in [0.25, 0.3) is 0 Å². The van der Waals surface area contributed by atoms with Crippen LogP contribution in [0.4, 0.5) is 4.79 Å². The highest BCUT2D eigenvalue weighted by Gasteiger charge is 2.16. The van der Waals surface area contributed by atoms with E-state index >= 15 is 0 Å². The second-order valence-corrected chi connectivity index (χ2v) is 5.27. The molecule has 0 unspecified atom stereocenters. The number of alkyl carbamates (subject to hydrolysis) is 1. The molecular formula is C14H19NO4S. The standard InChI is InChI=1S/C14H19NO4S/c1-20-8-7-12(9-13(16)17)15-14(18)19-10-11-5-3-2-4-6-11/h2-6,12H,7-10H2,1H3,(H,15,18)(H,16,17)/t12-/m1/s1. The number of nitrogens with one attached hydrogen (secondary N) is 1. The predicted octanol–water partition coefficient (Wildman–Crippen LogP) is 2.51. The third-order valence-corrected chi connectivity index (χ3v) is 3.27. The molecule has 0 heterocycles. The van der Waals surface area contributed by atoms with E-state index < -0.39 is 18.1 Å². The van der Waals surface area contributed by atoms with Crippen molar-refractivity contribution in [2.75, 3.05) is 12.0 Å². The lowest BCUT2D eigenvalue weighted by molar-refractivity contribution is -0.137. The van der Waals surface area contributed by atoms with Crippen LogP contribution in [0.25, 0.3) is 0 Å². The fourth-order valence-electron chi connectivity index (χ4n) is 1.63. The Labute approximate surface area is 122 Å². The zero-order valence-corrected chi connectivity index (χ0v) is 12.2. The average molecular weight is 297 g/mol. The van der Waals surface area contributed by atoms with Crippen LogP contribution in [0.3, 0.4) is 0 Å². The molecule has 0 aromatic heterocycles. The van der Waals surface area contributed by atoms with Crippen molar-refractivity contribution in [2.24, 2.45) is 0 Å². The van der Waals surface area contributed by atoms with E-state index in [4.69, 9.17) is 9.84 Å². The fourth-order valence-corrected chi connectivity index (χ4v) is 2.15. The third kappa shape index (κ3) is 7.04. The van der Waals surface area contributed by atoms with Gasteiger partial charge in [-0.05, 0) is 24.0 Å². The maximum absolute atomic E-state index is 11.6. The molecule has 2 N–H and O–H groups in total. The number of thioether (sulfide) groups is 1. The average Bonchev–Trinajstić information content (AvgIpc) is 2.43. The Balaban J connectivity index is 2.38. The number of benzene rings is 1. The molecule has 1 aromatic rings. The van der Waals surface area contributed by atoms with Crippen molar-refractivity contribution in [3.63, 3.8) is 0 Å². The molecule has 1 rings (SSSR count). The van der Waals surface area contributed by atoms with Crippen LogP contribution in [0.5, 0.6) is 0 Å². The second-order valence-electron chi connectivity index (χ2n) is 4.28. The van der Waals surface area contributed by atoms with Crippen LogP contribution in [-0.4, -0.2) is 35.2 Å². The molecule has 1 amide bonds. The zero-order chi connectivity index (χ0) is 14.8. The first-order chi connectivity index (χ1) is 9.61. The SMILES string of the molecule is CSCC[C@H](CC(=O)O)NC(=O)OCc1ccccc1. The lowest BCUT2D eigenvalue weighted by Crippen LogP contribution is -2.37. The van der Waals surface area contributed by atoms with Gasteiger partial charge in [0.2, 0.25) is 0 Å². The van der Waals surface area contributed by atoms with Gasteiger partial charge in [0, 0.05) is 6.04 Å². The van der Waals surface area contributed by atoms with Gasteiger partial charge in [-0.1, -0.05) is 30.3 Å². The minimum absolute atomic E-state index is 0.0962. The Kier molecular flexibility index (Phi) is 7.57. The summed E-state index contributed by atoms with van der Waals surface area (Å²) < 4.78 is 5.07. The van der Waals surface area contributed by atoms with Gasteiger partial charge in [-0.2, -0.15) is 11.8 Å². The maximum atomic E-state index is 11.6. The number of carboxylic acid groups (broad SMARTS) is 1. The molecule has 5 nitrogen and oxygen atoms in total. The number of carbonyl (C=O) groups excluding carboxylic acids is 1. The van der Waals surface area contributed by atoms with Gasteiger partial charge >= 0.3 is 12.1 Å². The normalized spacial score (nSPS) is 11.7. The molecule has 6 heteroatoms. The summed E-state index contributed by atoms with van der Waals surface area (Å²) in [6.45, 7) is 0.176. The summed E-state index contributed by atoms with van der Waals surface area (Å²) in [6.07, 6.45) is 1.86. The Morgan fingerprint density at radius 3 is 2.65 bits per heavy atom. The number of aliphatic carboxylic acids is 1. The number of carbonyl (C=O) groups is 2. The molecule has 0 bridgehead atoms. The van der Waals surface area contributed by atoms with Gasteiger partial charge in [0.05, 0.1) is 6.42 Å². The molecule has 110 valence electrons. The lowest BCUT2D eigenvalue weighted by atomic mass is 10.1. The van der Waals surface area contributed by atoms with Crippen molar-refractivity contribution >= 4 is 23.8 Å². The first-order valence-electron chi connectivity index (χ1n) is 6.29. The first kappa shape index (κ1) is 16.4. The quantitative estimate of drug-likeness (QED) is 0.771. The van der Waals surface area contributed by atoms with E-state index in [-0.39, 0.29) is 13.0 Å².